The molecule has 0 saturated heterocycles. The molecule has 0 radical (unpaired) electrons. The van der Waals surface area contributed by atoms with Gasteiger partial charge in [-0.15, -0.1) is 0 Å². The van der Waals surface area contributed by atoms with Crippen molar-refractivity contribution in [1.82, 2.24) is 5.32 Å². The standard InChI is InChI=1S/C11H13ClFNO2/c1-7(6-15)5-14-11(16)9-3-2-8(13)4-10(9)12/h2-4,7,15H,5-6H2,1H3,(H,14,16). The molecule has 1 amide bonds. The molecule has 0 aliphatic heterocycles. The Balaban J connectivity index is 2.66. The van der Waals surface area contributed by atoms with Crippen LogP contribution in [-0.4, -0.2) is 24.2 Å². The van der Waals surface area contributed by atoms with Crippen LogP contribution in [0.4, 0.5) is 4.39 Å². The van der Waals surface area contributed by atoms with Gasteiger partial charge in [0.05, 0.1) is 10.6 Å². The SMILES string of the molecule is CC(CO)CNC(=O)c1ccc(F)cc1Cl. The van der Waals surface area contributed by atoms with E-state index in [-0.39, 0.29) is 29.0 Å². The van der Waals surface area contributed by atoms with Crippen LogP contribution in [0, 0.1) is 11.7 Å². The molecule has 3 nitrogen and oxygen atoms in total. The first-order valence-electron chi connectivity index (χ1n) is 4.88. The Morgan fingerprint density at radius 2 is 2.31 bits per heavy atom. The third-order valence-corrected chi connectivity index (χ3v) is 2.41. The fraction of sp³-hybridized carbons (Fsp3) is 0.364. The largest absolute Gasteiger partial charge is 0.396 e. The first-order valence-corrected chi connectivity index (χ1v) is 5.26. The molecule has 0 fully saturated rings. The van der Waals surface area contributed by atoms with Gasteiger partial charge in [0, 0.05) is 13.2 Å². The minimum absolute atomic E-state index is 0.00255. The van der Waals surface area contributed by atoms with Gasteiger partial charge in [-0.1, -0.05) is 18.5 Å². The highest BCUT2D eigenvalue weighted by molar-refractivity contribution is 6.33. The molecule has 0 aliphatic rings. The lowest BCUT2D eigenvalue weighted by molar-refractivity contribution is 0.0942. The van der Waals surface area contributed by atoms with E-state index in [1.165, 1.54) is 12.1 Å². The van der Waals surface area contributed by atoms with Gasteiger partial charge >= 0.3 is 0 Å². The van der Waals surface area contributed by atoms with Crippen molar-refractivity contribution in [2.45, 2.75) is 6.92 Å². The molecule has 0 aliphatic carbocycles. The molecular formula is C11H13ClFNO2. The molecule has 1 aromatic carbocycles. The van der Waals surface area contributed by atoms with Gasteiger partial charge in [0.1, 0.15) is 5.82 Å². The topological polar surface area (TPSA) is 49.3 Å². The van der Waals surface area contributed by atoms with Gasteiger partial charge in [-0.3, -0.25) is 4.79 Å². The Morgan fingerprint density at radius 1 is 1.62 bits per heavy atom. The van der Waals surface area contributed by atoms with Crippen LogP contribution in [-0.2, 0) is 0 Å². The van der Waals surface area contributed by atoms with Crippen LogP contribution in [0.3, 0.4) is 0 Å². The maximum absolute atomic E-state index is 12.7. The van der Waals surface area contributed by atoms with E-state index in [2.05, 4.69) is 5.32 Å². The number of hydrogen-bond donors (Lipinski definition) is 2. The lowest BCUT2D eigenvalue weighted by Gasteiger charge is -2.10. The fourth-order valence-corrected chi connectivity index (χ4v) is 1.35. The smallest absolute Gasteiger partial charge is 0.252 e. The van der Waals surface area contributed by atoms with Crippen LogP contribution in [0.25, 0.3) is 0 Å². The number of rotatable bonds is 4. The molecule has 0 saturated carbocycles. The molecule has 5 heteroatoms. The lowest BCUT2D eigenvalue weighted by Crippen LogP contribution is -2.29. The maximum Gasteiger partial charge on any atom is 0.252 e. The second kappa shape index (κ2) is 5.82. The molecule has 0 spiro atoms. The monoisotopic (exact) mass is 245 g/mol. The number of amides is 1. The molecule has 0 heterocycles. The van der Waals surface area contributed by atoms with Crippen molar-refractivity contribution in [3.05, 3.63) is 34.6 Å². The van der Waals surface area contributed by atoms with E-state index in [4.69, 9.17) is 16.7 Å². The van der Waals surface area contributed by atoms with Crippen LogP contribution in [0.15, 0.2) is 18.2 Å². The third-order valence-electron chi connectivity index (χ3n) is 2.10. The third kappa shape index (κ3) is 3.47. The number of nitrogens with one attached hydrogen (secondary N) is 1. The average Bonchev–Trinajstić information content (AvgIpc) is 2.25. The summed E-state index contributed by atoms with van der Waals surface area (Å²) in [7, 11) is 0. The van der Waals surface area contributed by atoms with Crippen LogP contribution in [0.2, 0.25) is 5.02 Å². The van der Waals surface area contributed by atoms with Gasteiger partial charge in [0.15, 0.2) is 0 Å². The molecule has 1 atom stereocenters. The van der Waals surface area contributed by atoms with Crippen LogP contribution in [0.1, 0.15) is 17.3 Å². The Hall–Kier alpha value is -1.13. The van der Waals surface area contributed by atoms with Crippen molar-refractivity contribution in [3.63, 3.8) is 0 Å². The highest BCUT2D eigenvalue weighted by atomic mass is 35.5. The Labute approximate surface area is 98.2 Å². The van der Waals surface area contributed by atoms with E-state index in [1.54, 1.807) is 6.92 Å². The van der Waals surface area contributed by atoms with Crippen molar-refractivity contribution in [3.8, 4) is 0 Å². The van der Waals surface area contributed by atoms with Crippen LogP contribution < -0.4 is 5.32 Å². The summed E-state index contributed by atoms with van der Waals surface area (Å²) in [5.41, 5.74) is 0.230. The van der Waals surface area contributed by atoms with Crippen LogP contribution in [0.5, 0.6) is 0 Å². The molecule has 2 N–H and O–H groups in total. The summed E-state index contributed by atoms with van der Waals surface area (Å²) in [5, 5.41) is 11.5. The molecule has 88 valence electrons. The molecule has 16 heavy (non-hydrogen) atoms. The zero-order valence-corrected chi connectivity index (χ0v) is 9.59. The van der Waals surface area contributed by atoms with E-state index in [9.17, 15) is 9.18 Å². The summed E-state index contributed by atoms with van der Waals surface area (Å²) < 4.78 is 12.7. The molecule has 1 unspecified atom stereocenters. The highest BCUT2D eigenvalue weighted by Gasteiger charge is 2.11. The van der Waals surface area contributed by atoms with Gasteiger partial charge in [-0.2, -0.15) is 0 Å². The van der Waals surface area contributed by atoms with Gasteiger partial charge < -0.3 is 10.4 Å². The second-order valence-corrected chi connectivity index (χ2v) is 4.03. The molecule has 1 rings (SSSR count). The second-order valence-electron chi connectivity index (χ2n) is 3.62. The van der Waals surface area contributed by atoms with Crippen molar-refractivity contribution in [2.24, 2.45) is 5.92 Å². The minimum atomic E-state index is -0.481. The number of hydrogen-bond acceptors (Lipinski definition) is 2. The average molecular weight is 246 g/mol. The van der Waals surface area contributed by atoms with Gasteiger partial charge in [0.2, 0.25) is 0 Å². The summed E-state index contributed by atoms with van der Waals surface area (Å²) in [6.07, 6.45) is 0. The van der Waals surface area contributed by atoms with Crippen molar-refractivity contribution < 1.29 is 14.3 Å². The summed E-state index contributed by atoms with van der Waals surface area (Å²) >= 11 is 5.72. The zero-order valence-electron chi connectivity index (χ0n) is 8.84. The van der Waals surface area contributed by atoms with Crippen molar-refractivity contribution in [2.75, 3.05) is 13.2 Å². The lowest BCUT2D eigenvalue weighted by atomic mass is 10.1. The van der Waals surface area contributed by atoms with Gasteiger partial charge in [-0.05, 0) is 24.1 Å². The predicted octanol–water partition coefficient (Wildman–Crippen LogP) is 1.84. The number of benzene rings is 1. The van der Waals surface area contributed by atoms with Gasteiger partial charge in [-0.25, -0.2) is 4.39 Å². The first-order chi connectivity index (χ1) is 7.54. The van der Waals surface area contributed by atoms with Crippen LogP contribution >= 0.6 is 11.6 Å². The first kappa shape index (κ1) is 12.9. The summed E-state index contributed by atoms with van der Waals surface area (Å²) in [5.74, 6) is -0.876. The summed E-state index contributed by atoms with van der Waals surface area (Å²) in [6, 6.07) is 3.60. The van der Waals surface area contributed by atoms with Crippen molar-refractivity contribution >= 4 is 17.5 Å². The number of aliphatic hydroxyl groups is 1. The Bertz CT molecular complexity index is 384. The maximum atomic E-state index is 12.7. The highest BCUT2D eigenvalue weighted by Crippen LogP contribution is 2.16. The Morgan fingerprint density at radius 3 is 2.88 bits per heavy atom. The van der Waals surface area contributed by atoms with E-state index in [0.717, 1.165) is 6.07 Å². The molecule has 0 bridgehead atoms. The zero-order chi connectivity index (χ0) is 12.1. The van der Waals surface area contributed by atoms with Gasteiger partial charge in [0.25, 0.3) is 5.91 Å². The Kier molecular flexibility index (Phi) is 4.71. The molecule has 0 aromatic heterocycles. The number of carbonyl (C=O) groups is 1. The van der Waals surface area contributed by atoms with E-state index >= 15 is 0 Å². The number of carbonyl (C=O) groups excluding carboxylic acids is 1. The van der Waals surface area contributed by atoms with E-state index in [0.29, 0.717) is 6.54 Å². The summed E-state index contributed by atoms with van der Waals surface area (Å²) in [4.78, 5) is 11.6. The quantitative estimate of drug-likeness (QED) is 0.850. The fourth-order valence-electron chi connectivity index (χ4n) is 1.10. The van der Waals surface area contributed by atoms with E-state index in [1.807, 2.05) is 0 Å². The molecule has 1 aromatic rings. The number of halogens is 2. The number of aliphatic hydroxyl groups excluding tert-OH is 1. The van der Waals surface area contributed by atoms with E-state index < -0.39 is 5.82 Å². The predicted molar refractivity (Wildman–Crippen MR) is 60.0 cm³/mol. The van der Waals surface area contributed by atoms with Crippen molar-refractivity contribution in [1.29, 1.82) is 0 Å². The minimum Gasteiger partial charge on any atom is -0.396 e. The summed E-state index contributed by atoms with van der Waals surface area (Å²) in [6.45, 7) is 2.15. The molecular weight excluding hydrogens is 233 g/mol. The normalized spacial score (nSPS) is 12.2.